The van der Waals surface area contributed by atoms with Crippen molar-refractivity contribution in [3.05, 3.63) is 29.3 Å². The summed E-state index contributed by atoms with van der Waals surface area (Å²) in [5, 5.41) is 0. The highest BCUT2D eigenvalue weighted by Gasteiger charge is 2.20. The van der Waals surface area contributed by atoms with Crippen LogP contribution in [0.2, 0.25) is 0 Å². The van der Waals surface area contributed by atoms with Crippen LogP contribution >= 0.6 is 0 Å². The summed E-state index contributed by atoms with van der Waals surface area (Å²) in [6.07, 6.45) is 4.28. The summed E-state index contributed by atoms with van der Waals surface area (Å²) in [6.45, 7) is 3.44. The molecule has 1 heterocycles. The van der Waals surface area contributed by atoms with Crippen molar-refractivity contribution >= 4 is 16.5 Å². The molecular weight excluding hydrogens is 290 g/mol. The van der Waals surface area contributed by atoms with Crippen LogP contribution in [0.25, 0.3) is 0 Å². The van der Waals surface area contributed by atoms with E-state index >= 15 is 0 Å². The third-order valence-electron chi connectivity index (χ3n) is 4.11. The van der Waals surface area contributed by atoms with Gasteiger partial charge in [-0.25, -0.2) is 0 Å². The zero-order valence-electron chi connectivity index (χ0n) is 12.2. The van der Waals surface area contributed by atoms with Crippen molar-refractivity contribution in [1.29, 1.82) is 0 Å². The molecule has 1 amide bonds. The molecule has 1 N–H and O–H groups in total. The maximum Gasteiger partial charge on any atom is 0.294 e. The minimum Gasteiger partial charge on any atom is -0.345 e. The monoisotopic (exact) mass is 311 g/mol. The summed E-state index contributed by atoms with van der Waals surface area (Å²) in [5.74, 6) is 0.496. The van der Waals surface area contributed by atoms with Crippen LogP contribution < -0.4 is 0 Å². The third kappa shape index (κ3) is 4.28. The first-order chi connectivity index (χ1) is 9.90. The highest BCUT2D eigenvalue weighted by molar-refractivity contribution is 7.85. The van der Waals surface area contributed by atoms with Gasteiger partial charge in [0.2, 0.25) is 6.41 Å². The summed E-state index contributed by atoms with van der Waals surface area (Å²) in [7, 11) is -4.17. The van der Waals surface area contributed by atoms with Gasteiger partial charge in [-0.3, -0.25) is 9.35 Å². The second-order valence-corrected chi connectivity index (χ2v) is 7.10. The number of amides is 1. The summed E-state index contributed by atoms with van der Waals surface area (Å²) in [6, 6.07) is 4.98. The minimum atomic E-state index is -4.17. The van der Waals surface area contributed by atoms with E-state index in [9.17, 15) is 17.8 Å². The van der Waals surface area contributed by atoms with Gasteiger partial charge in [0.15, 0.2) is 0 Å². The Morgan fingerprint density at radius 2 is 2.00 bits per heavy atom. The number of carbonyl (C=O) groups excluding carboxylic acids is 1. The fourth-order valence-corrected chi connectivity index (χ4v) is 3.59. The van der Waals surface area contributed by atoms with Crippen LogP contribution in [0.15, 0.2) is 23.1 Å². The van der Waals surface area contributed by atoms with Crippen LogP contribution in [0.3, 0.4) is 0 Å². The molecule has 116 valence electrons. The molecule has 1 fully saturated rings. The van der Waals surface area contributed by atoms with E-state index in [-0.39, 0.29) is 4.90 Å². The molecule has 21 heavy (non-hydrogen) atoms. The molecule has 1 saturated heterocycles. The zero-order chi connectivity index (χ0) is 15.5. The summed E-state index contributed by atoms with van der Waals surface area (Å²) in [5.41, 5.74) is 1.66. The molecule has 0 unspecified atom stereocenters. The molecule has 0 aromatic heterocycles. The van der Waals surface area contributed by atoms with Gasteiger partial charge in [0.25, 0.3) is 10.1 Å². The van der Waals surface area contributed by atoms with E-state index < -0.39 is 10.1 Å². The minimum absolute atomic E-state index is 0.0124. The van der Waals surface area contributed by atoms with Gasteiger partial charge in [0, 0.05) is 13.1 Å². The van der Waals surface area contributed by atoms with Gasteiger partial charge < -0.3 is 4.90 Å². The number of rotatable bonds is 5. The van der Waals surface area contributed by atoms with Gasteiger partial charge in [-0.05, 0) is 50.2 Å². The number of aryl methyl sites for hydroxylation is 2. The number of nitrogens with zero attached hydrogens (tertiary/aromatic N) is 1. The molecule has 1 aromatic carbocycles. The van der Waals surface area contributed by atoms with Gasteiger partial charge >= 0.3 is 0 Å². The lowest BCUT2D eigenvalue weighted by atomic mass is 9.90. The lowest BCUT2D eigenvalue weighted by Crippen LogP contribution is -2.32. The molecular formula is C15H21NO4S. The standard InChI is InChI=1S/C15H21NO4S/c1-12-2-5-15(21(18,19)20)14(10-12)4-3-13-6-8-16(11-17)9-7-13/h2,5,10-11,13H,3-4,6-9H2,1H3,(H,18,19,20). The number of carbonyl (C=O) groups is 1. The van der Waals surface area contributed by atoms with Crippen molar-refractivity contribution in [3.63, 3.8) is 0 Å². The van der Waals surface area contributed by atoms with Crippen molar-refractivity contribution in [1.82, 2.24) is 4.90 Å². The van der Waals surface area contributed by atoms with Crippen molar-refractivity contribution in [2.45, 2.75) is 37.5 Å². The predicted octanol–water partition coefficient (Wildman–Crippen LogP) is 2.04. The largest absolute Gasteiger partial charge is 0.345 e. The van der Waals surface area contributed by atoms with E-state index in [4.69, 9.17) is 0 Å². The van der Waals surface area contributed by atoms with Gasteiger partial charge in [0.05, 0.1) is 4.90 Å². The Bertz CT molecular complexity index is 604. The second kappa shape index (κ2) is 6.58. The first-order valence-electron chi connectivity index (χ1n) is 7.16. The van der Waals surface area contributed by atoms with Crippen LogP contribution in [-0.2, 0) is 21.3 Å². The van der Waals surface area contributed by atoms with Crippen LogP contribution in [0.5, 0.6) is 0 Å². The smallest absolute Gasteiger partial charge is 0.294 e. The SMILES string of the molecule is Cc1ccc(S(=O)(=O)O)c(CCC2CCN(C=O)CC2)c1. The normalized spacial score (nSPS) is 17.0. The first-order valence-corrected chi connectivity index (χ1v) is 8.60. The summed E-state index contributed by atoms with van der Waals surface area (Å²) < 4.78 is 32.1. The molecule has 1 aliphatic heterocycles. The average Bonchev–Trinajstić information content (AvgIpc) is 2.44. The van der Waals surface area contributed by atoms with Gasteiger partial charge in [-0.15, -0.1) is 0 Å². The predicted molar refractivity (Wildman–Crippen MR) is 79.7 cm³/mol. The Balaban J connectivity index is 2.03. The van der Waals surface area contributed by atoms with E-state index in [2.05, 4.69) is 0 Å². The fourth-order valence-electron chi connectivity index (χ4n) is 2.86. The quantitative estimate of drug-likeness (QED) is 0.667. The van der Waals surface area contributed by atoms with Crippen molar-refractivity contribution in [2.24, 2.45) is 5.92 Å². The number of benzene rings is 1. The maximum absolute atomic E-state index is 11.4. The number of hydrogen-bond donors (Lipinski definition) is 1. The first kappa shape index (κ1) is 16.0. The number of hydrogen-bond acceptors (Lipinski definition) is 3. The molecule has 0 saturated carbocycles. The molecule has 0 spiro atoms. The van der Waals surface area contributed by atoms with E-state index in [0.717, 1.165) is 44.3 Å². The van der Waals surface area contributed by atoms with Crippen LogP contribution in [-0.4, -0.2) is 37.4 Å². The molecule has 0 atom stereocenters. The van der Waals surface area contributed by atoms with Crippen molar-refractivity contribution in [2.75, 3.05) is 13.1 Å². The highest BCUT2D eigenvalue weighted by Crippen LogP contribution is 2.25. The maximum atomic E-state index is 11.4. The highest BCUT2D eigenvalue weighted by atomic mass is 32.2. The molecule has 1 aromatic rings. The molecule has 6 heteroatoms. The third-order valence-corrected chi connectivity index (χ3v) is 5.07. The summed E-state index contributed by atoms with van der Waals surface area (Å²) >= 11 is 0. The Labute approximate surface area is 125 Å². The molecule has 2 rings (SSSR count). The lowest BCUT2D eigenvalue weighted by molar-refractivity contribution is -0.119. The number of likely N-dealkylation sites (tertiary alicyclic amines) is 1. The molecule has 0 bridgehead atoms. The average molecular weight is 311 g/mol. The fraction of sp³-hybridized carbons (Fsp3) is 0.533. The zero-order valence-corrected chi connectivity index (χ0v) is 13.0. The molecule has 0 aliphatic carbocycles. The van der Waals surface area contributed by atoms with Gasteiger partial charge in [-0.2, -0.15) is 8.42 Å². The summed E-state index contributed by atoms with van der Waals surface area (Å²) in [4.78, 5) is 12.5. The molecule has 0 radical (unpaired) electrons. The Hall–Kier alpha value is -1.40. The van der Waals surface area contributed by atoms with Crippen LogP contribution in [0, 0.1) is 12.8 Å². The second-order valence-electron chi connectivity index (χ2n) is 5.71. The van der Waals surface area contributed by atoms with Crippen molar-refractivity contribution in [3.8, 4) is 0 Å². The Morgan fingerprint density at radius 1 is 1.33 bits per heavy atom. The lowest BCUT2D eigenvalue weighted by Gasteiger charge is -2.29. The van der Waals surface area contributed by atoms with Crippen molar-refractivity contribution < 1.29 is 17.8 Å². The van der Waals surface area contributed by atoms with Gasteiger partial charge in [-0.1, -0.05) is 17.7 Å². The van der Waals surface area contributed by atoms with Crippen LogP contribution in [0.4, 0.5) is 0 Å². The topological polar surface area (TPSA) is 74.7 Å². The van der Waals surface area contributed by atoms with E-state index in [1.807, 2.05) is 13.0 Å². The van der Waals surface area contributed by atoms with Crippen LogP contribution in [0.1, 0.15) is 30.4 Å². The van der Waals surface area contributed by atoms with E-state index in [1.165, 1.54) is 6.07 Å². The van der Waals surface area contributed by atoms with Gasteiger partial charge in [0.1, 0.15) is 0 Å². The van der Waals surface area contributed by atoms with E-state index in [1.54, 1.807) is 11.0 Å². The Kier molecular flexibility index (Phi) is 5.00. The Morgan fingerprint density at radius 3 is 2.57 bits per heavy atom. The van der Waals surface area contributed by atoms with E-state index in [0.29, 0.717) is 17.9 Å². The number of piperidine rings is 1. The molecule has 5 nitrogen and oxygen atoms in total. The molecule has 1 aliphatic rings.